The van der Waals surface area contributed by atoms with E-state index in [1.54, 1.807) is 24.3 Å². The van der Waals surface area contributed by atoms with Gasteiger partial charge in [-0.05, 0) is 24.3 Å². The molecule has 0 amide bonds. The summed E-state index contributed by atoms with van der Waals surface area (Å²) in [4.78, 5) is 0. The molecule has 2 aromatic rings. The Labute approximate surface area is 101 Å². The van der Waals surface area contributed by atoms with Gasteiger partial charge in [0.2, 0.25) is 0 Å². The molecule has 5 heteroatoms. The summed E-state index contributed by atoms with van der Waals surface area (Å²) in [6.07, 6.45) is -4.41. The van der Waals surface area contributed by atoms with Gasteiger partial charge in [-0.25, -0.2) is 0 Å². The molecule has 0 bridgehead atoms. The fraction of sp³-hybridized carbons (Fsp3) is 0.0769. The minimum absolute atomic E-state index is 0.0382. The van der Waals surface area contributed by atoms with Crippen LogP contribution in [0.4, 0.5) is 24.5 Å². The van der Waals surface area contributed by atoms with Crippen LogP contribution in [0, 0.1) is 0 Å². The van der Waals surface area contributed by atoms with Crippen molar-refractivity contribution in [2.45, 2.75) is 6.18 Å². The number of rotatable bonds is 0. The maximum atomic E-state index is 12.9. The van der Waals surface area contributed by atoms with Gasteiger partial charge in [-0.1, -0.05) is 18.2 Å². The van der Waals surface area contributed by atoms with E-state index in [1.807, 2.05) is 0 Å². The predicted molar refractivity (Wildman–Crippen MR) is 61.2 cm³/mol. The highest BCUT2D eigenvalue weighted by molar-refractivity contribution is 5.78. The number of fused-ring (bicyclic) bond motifs is 2. The Morgan fingerprint density at radius 1 is 0.889 bits per heavy atom. The highest BCUT2D eigenvalue weighted by Crippen LogP contribution is 2.47. The summed E-state index contributed by atoms with van der Waals surface area (Å²) in [5, 5.41) is 2.77. The van der Waals surface area contributed by atoms with Crippen LogP contribution in [0.5, 0.6) is 11.5 Å². The SMILES string of the molecule is FC(F)(F)c1cccc2c1Nc1ccccc1O2. The Bertz CT molecular complexity index is 607. The molecule has 1 aliphatic rings. The quantitative estimate of drug-likeness (QED) is 0.632. The van der Waals surface area contributed by atoms with Crippen LogP contribution in [0.15, 0.2) is 42.5 Å². The normalized spacial score (nSPS) is 13.1. The third kappa shape index (κ3) is 1.68. The summed E-state index contributed by atoms with van der Waals surface area (Å²) in [5.74, 6) is 0.702. The van der Waals surface area contributed by atoms with Crippen molar-refractivity contribution in [3.8, 4) is 11.5 Å². The second kappa shape index (κ2) is 3.66. The standard InChI is InChI=1S/C13H8F3NO/c14-13(15,16)8-4-3-7-11-12(8)17-9-5-1-2-6-10(9)18-11/h1-7,17H. The first-order valence-corrected chi connectivity index (χ1v) is 5.30. The van der Waals surface area contributed by atoms with Gasteiger partial charge >= 0.3 is 6.18 Å². The molecule has 1 N–H and O–H groups in total. The summed E-state index contributed by atoms with van der Waals surface area (Å²) in [6.45, 7) is 0. The number of para-hydroxylation sites is 3. The van der Waals surface area contributed by atoms with Gasteiger partial charge in [0.25, 0.3) is 0 Å². The van der Waals surface area contributed by atoms with Gasteiger partial charge in [0, 0.05) is 0 Å². The van der Waals surface area contributed by atoms with E-state index in [4.69, 9.17) is 4.74 Å². The molecule has 0 aliphatic carbocycles. The van der Waals surface area contributed by atoms with E-state index in [0.717, 1.165) is 6.07 Å². The molecule has 18 heavy (non-hydrogen) atoms. The number of anilines is 2. The van der Waals surface area contributed by atoms with E-state index >= 15 is 0 Å². The smallest absolute Gasteiger partial charge is 0.418 e. The van der Waals surface area contributed by atoms with Crippen LogP contribution in [0.25, 0.3) is 0 Å². The van der Waals surface area contributed by atoms with E-state index in [0.29, 0.717) is 11.4 Å². The Kier molecular flexibility index (Phi) is 2.23. The highest BCUT2D eigenvalue weighted by atomic mass is 19.4. The molecule has 0 unspecified atom stereocenters. The van der Waals surface area contributed by atoms with E-state index < -0.39 is 11.7 Å². The molecule has 0 aromatic heterocycles. The van der Waals surface area contributed by atoms with Gasteiger partial charge in [-0.3, -0.25) is 0 Å². The van der Waals surface area contributed by atoms with Crippen molar-refractivity contribution in [3.63, 3.8) is 0 Å². The molecule has 3 rings (SSSR count). The van der Waals surface area contributed by atoms with Crippen molar-refractivity contribution in [1.82, 2.24) is 0 Å². The molecule has 1 heterocycles. The molecule has 0 saturated heterocycles. The topological polar surface area (TPSA) is 21.3 Å². The molecule has 2 nitrogen and oxygen atoms in total. The van der Waals surface area contributed by atoms with Crippen LogP contribution in [0.2, 0.25) is 0 Å². The number of alkyl halides is 3. The second-order valence-electron chi connectivity index (χ2n) is 3.90. The zero-order valence-corrected chi connectivity index (χ0v) is 9.08. The number of hydrogen-bond acceptors (Lipinski definition) is 2. The van der Waals surface area contributed by atoms with Gasteiger partial charge in [-0.2, -0.15) is 13.2 Å². The third-order valence-electron chi connectivity index (χ3n) is 2.70. The van der Waals surface area contributed by atoms with Crippen molar-refractivity contribution < 1.29 is 17.9 Å². The fourth-order valence-electron chi connectivity index (χ4n) is 1.89. The Hall–Kier alpha value is -2.17. The highest BCUT2D eigenvalue weighted by Gasteiger charge is 2.36. The second-order valence-corrected chi connectivity index (χ2v) is 3.90. The average molecular weight is 251 g/mol. The molecular formula is C13H8F3NO. The van der Waals surface area contributed by atoms with Gasteiger partial charge in [0.1, 0.15) is 0 Å². The molecule has 0 radical (unpaired) electrons. The minimum Gasteiger partial charge on any atom is -0.453 e. The molecule has 0 fully saturated rings. The zero-order valence-electron chi connectivity index (χ0n) is 9.08. The molecule has 0 atom stereocenters. The molecule has 0 spiro atoms. The lowest BCUT2D eigenvalue weighted by molar-refractivity contribution is -0.137. The number of benzene rings is 2. The number of nitrogens with one attached hydrogen (secondary N) is 1. The van der Waals surface area contributed by atoms with Gasteiger partial charge in [-0.15, -0.1) is 0 Å². The van der Waals surface area contributed by atoms with Crippen LogP contribution >= 0.6 is 0 Å². The van der Waals surface area contributed by atoms with Crippen molar-refractivity contribution in [2.75, 3.05) is 5.32 Å². The summed E-state index contributed by atoms with van der Waals surface area (Å²) >= 11 is 0. The predicted octanol–water partition coefficient (Wildman–Crippen LogP) is 4.55. The van der Waals surface area contributed by atoms with E-state index in [1.165, 1.54) is 12.1 Å². The van der Waals surface area contributed by atoms with Crippen molar-refractivity contribution in [1.29, 1.82) is 0 Å². The zero-order chi connectivity index (χ0) is 12.8. The van der Waals surface area contributed by atoms with Crippen LogP contribution in [-0.4, -0.2) is 0 Å². The lowest BCUT2D eigenvalue weighted by Gasteiger charge is -2.24. The fourth-order valence-corrected chi connectivity index (χ4v) is 1.89. The molecule has 1 aliphatic heterocycles. The lowest BCUT2D eigenvalue weighted by atomic mass is 10.1. The maximum Gasteiger partial charge on any atom is 0.418 e. The molecular weight excluding hydrogens is 243 g/mol. The number of halogens is 3. The van der Waals surface area contributed by atoms with Crippen LogP contribution < -0.4 is 10.1 Å². The molecule has 2 aromatic carbocycles. The maximum absolute atomic E-state index is 12.9. The van der Waals surface area contributed by atoms with E-state index in [2.05, 4.69) is 5.32 Å². The Morgan fingerprint density at radius 2 is 1.61 bits per heavy atom. The third-order valence-corrected chi connectivity index (χ3v) is 2.70. The molecule has 0 saturated carbocycles. The van der Waals surface area contributed by atoms with Crippen LogP contribution in [0.1, 0.15) is 5.56 Å². The van der Waals surface area contributed by atoms with E-state index in [-0.39, 0.29) is 11.4 Å². The van der Waals surface area contributed by atoms with Crippen LogP contribution in [-0.2, 0) is 6.18 Å². The largest absolute Gasteiger partial charge is 0.453 e. The summed E-state index contributed by atoms with van der Waals surface area (Å²) < 4.78 is 44.0. The van der Waals surface area contributed by atoms with Crippen molar-refractivity contribution >= 4 is 11.4 Å². The van der Waals surface area contributed by atoms with Gasteiger partial charge in [0.15, 0.2) is 11.5 Å². The first-order chi connectivity index (χ1) is 8.55. The Balaban J connectivity index is 2.14. The first-order valence-electron chi connectivity index (χ1n) is 5.30. The minimum atomic E-state index is -4.41. The number of hydrogen-bond donors (Lipinski definition) is 1. The summed E-state index contributed by atoms with van der Waals surface area (Å²) in [6, 6.07) is 10.7. The first kappa shape index (κ1) is 11.0. The van der Waals surface area contributed by atoms with Gasteiger partial charge < -0.3 is 10.1 Å². The summed E-state index contributed by atoms with van der Waals surface area (Å²) in [7, 11) is 0. The summed E-state index contributed by atoms with van der Waals surface area (Å²) in [5.41, 5.74) is -0.236. The van der Waals surface area contributed by atoms with Crippen molar-refractivity contribution in [2.24, 2.45) is 0 Å². The lowest BCUT2D eigenvalue weighted by Crippen LogP contribution is -2.12. The molecule has 92 valence electrons. The van der Waals surface area contributed by atoms with E-state index in [9.17, 15) is 13.2 Å². The number of ether oxygens (including phenoxy) is 1. The average Bonchev–Trinajstić information content (AvgIpc) is 2.34. The monoisotopic (exact) mass is 251 g/mol. The van der Waals surface area contributed by atoms with Crippen LogP contribution in [0.3, 0.4) is 0 Å². The van der Waals surface area contributed by atoms with Gasteiger partial charge in [0.05, 0.1) is 16.9 Å². The Morgan fingerprint density at radius 3 is 2.39 bits per heavy atom. The van der Waals surface area contributed by atoms with Crippen molar-refractivity contribution in [3.05, 3.63) is 48.0 Å².